The largest absolute Gasteiger partial charge is 0.376 e. The molecule has 0 radical (unpaired) electrons. The van der Waals surface area contributed by atoms with E-state index in [-0.39, 0.29) is 0 Å². The number of hydrogen-bond acceptors (Lipinski definition) is 4. The highest BCUT2D eigenvalue weighted by Crippen LogP contribution is 2.49. The number of thiocarbonyl (C=S) groups is 1. The second kappa shape index (κ2) is 9.07. The normalized spacial score (nSPS) is 17.2. The number of rotatable bonds is 6. The first-order valence-corrected chi connectivity index (χ1v) is 12.0. The van der Waals surface area contributed by atoms with Gasteiger partial charge in [0.15, 0.2) is 0 Å². The summed E-state index contributed by atoms with van der Waals surface area (Å²) in [6, 6.07) is 15.9. The summed E-state index contributed by atoms with van der Waals surface area (Å²) in [5, 5.41) is 3.43. The first kappa shape index (κ1) is 20.7. The molecule has 1 saturated heterocycles. The van der Waals surface area contributed by atoms with Gasteiger partial charge in [0.1, 0.15) is 4.99 Å². The van der Waals surface area contributed by atoms with Crippen LogP contribution in [0.2, 0.25) is 0 Å². The van der Waals surface area contributed by atoms with Gasteiger partial charge in [-0.2, -0.15) is 0 Å². The van der Waals surface area contributed by atoms with Crippen molar-refractivity contribution in [3.63, 3.8) is 0 Å². The molecular weight excluding hydrogens is 394 g/mol. The molecule has 0 spiro atoms. The van der Waals surface area contributed by atoms with Gasteiger partial charge < -0.3 is 15.1 Å². The van der Waals surface area contributed by atoms with Gasteiger partial charge >= 0.3 is 0 Å². The summed E-state index contributed by atoms with van der Waals surface area (Å²) < 4.78 is 0. The van der Waals surface area contributed by atoms with E-state index in [4.69, 9.17) is 12.2 Å². The molecule has 5 heteroatoms. The molecule has 0 aliphatic carbocycles. The molecule has 154 valence electrons. The van der Waals surface area contributed by atoms with Crippen LogP contribution in [0.3, 0.4) is 0 Å². The number of nitrogens with zero attached hydrogens (tertiary/aromatic N) is 2. The minimum Gasteiger partial charge on any atom is -0.376 e. The Labute approximate surface area is 184 Å². The molecule has 2 aromatic carbocycles. The van der Waals surface area contributed by atoms with Crippen LogP contribution in [-0.2, 0) is 0 Å². The number of anilines is 2. The van der Waals surface area contributed by atoms with Gasteiger partial charge in [0, 0.05) is 34.5 Å². The van der Waals surface area contributed by atoms with Crippen LogP contribution in [0.5, 0.6) is 0 Å². The standard InChI is InChI=1S/C24H31N3S2/c1-17(2)15-25-24(28)19-10-11-23-21(14-19)27(18(3)16-26-12-6-7-13-26)20-8-4-5-9-22(20)29-23/h4-5,8-11,14,17-18H,6-7,12-13,15-16H2,1-3H3,(H,25,28). The summed E-state index contributed by atoms with van der Waals surface area (Å²) >= 11 is 7.56. The highest BCUT2D eigenvalue weighted by atomic mass is 32.2. The molecule has 4 rings (SSSR count). The molecule has 2 aliphatic heterocycles. The summed E-state index contributed by atoms with van der Waals surface area (Å²) in [5.74, 6) is 0.574. The summed E-state index contributed by atoms with van der Waals surface area (Å²) in [7, 11) is 0. The molecule has 1 atom stereocenters. The summed E-state index contributed by atoms with van der Waals surface area (Å²) in [5.41, 5.74) is 3.71. The number of hydrogen-bond donors (Lipinski definition) is 1. The Morgan fingerprint density at radius 2 is 1.76 bits per heavy atom. The van der Waals surface area contributed by atoms with Gasteiger partial charge in [-0.15, -0.1) is 0 Å². The van der Waals surface area contributed by atoms with Crippen molar-refractivity contribution in [2.45, 2.75) is 49.4 Å². The smallest absolute Gasteiger partial charge is 0.106 e. The average Bonchev–Trinajstić information content (AvgIpc) is 3.22. The number of para-hydroxylation sites is 1. The number of likely N-dealkylation sites (tertiary alicyclic amines) is 1. The van der Waals surface area contributed by atoms with Crippen molar-refractivity contribution >= 4 is 40.3 Å². The minimum atomic E-state index is 0.404. The van der Waals surface area contributed by atoms with Crippen LogP contribution in [-0.4, -0.2) is 42.1 Å². The van der Waals surface area contributed by atoms with Crippen molar-refractivity contribution in [2.75, 3.05) is 31.1 Å². The zero-order chi connectivity index (χ0) is 20.4. The lowest BCUT2D eigenvalue weighted by atomic mass is 10.1. The third kappa shape index (κ3) is 4.62. The molecule has 0 bridgehead atoms. The third-order valence-corrected chi connectivity index (χ3v) is 7.17. The molecule has 2 aliphatic rings. The average molecular weight is 426 g/mol. The molecule has 3 nitrogen and oxygen atoms in total. The van der Waals surface area contributed by atoms with Crippen LogP contribution >= 0.6 is 24.0 Å². The fraction of sp³-hybridized carbons (Fsp3) is 0.458. The lowest BCUT2D eigenvalue weighted by molar-refractivity contribution is 0.319. The van der Waals surface area contributed by atoms with E-state index in [2.05, 4.69) is 78.4 Å². The van der Waals surface area contributed by atoms with E-state index in [1.54, 1.807) is 0 Å². The van der Waals surface area contributed by atoms with Crippen LogP contribution in [0.1, 0.15) is 39.2 Å². The maximum atomic E-state index is 5.70. The van der Waals surface area contributed by atoms with E-state index >= 15 is 0 Å². The molecule has 2 aromatic rings. The molecular formula is C24H31N3S2. The maximum absolute atomic E-state index is 5.70. The molecule has 0 aromatic heterocycles. The Balaban J connectivity index is 1.66. The number of benzene rings is 2. The predicted molar refractivity (Wildman–Crippen MR) is 129 cm³/mol. The second-order valence-electron chi connectivity index (χ2n) is 8.58. The highest BCUT2D eigenvalue weighted by Gasteiger charge is 2.29. The molecule has 29 heavy (non-hydrogen) atoms. The van der Waals surface area contributed by atoms with E-state index in [1.165, 1.54) is 47.1 Å². The quantitative estimate of drug-likeness (QED) is 0.597. The van der Waals surface area contributed by atoms with Crippen molar-refractivity contribution in [1.82, 2.24) is 10.2 Å². The van der Waals surface area contributed by atoms with Gasteiger partial charge in [0.2, 0.25) is 0 Å². The van der Waals surface area contributed by atoms with Gasteiger partial charge in [-0.25, -0.2) is 0 Å². The van der Waals surface area contributed by atoms with E-state index in [1.807, 2.05) is 11.8 Å². The Hall–Kier alpha value is -1.56. The van der Waals surface area contributed by atoms with Gasteiger partial charge in [0.25, 0.3) is 0 Å². The van der Waals surface area contributed by atoms with Crippen molar-refractivity contribution in [3.8, 4) is 0 Å². The van der Waals surface area contributed by atoms with Crippen molar-refractivity contribution < 1.29 is 0 Å². The Kier molecular flexibility index (Phi) is 6.47. The van der Waals surface area contributed by atoms with Crippen LogP contribution in [0.4, 0.5) is 11.4 Å². The molecule has 0 amide bonds. The molecule has 1 fully saturated rings. The van der Waals surface area contributed by atoms with Crippen molar-refractivity contribution in [1.29, 1.82) is 0 Å². The summed E-state index contributed by atoms with van der Waals surface area (Å²) in [4.78, 5) is 8.63. The van der Waals surface area contributed by atoms with E-state index in [0.717, 1.165) is 23.6 Å². The fourth-order valence-corrected chi connectivity index (χ4v) is 5.48. The number of fused-ring (bicyclic) bond motifs is 2. The van der Waals surface area contributed by atoms with Crippen molar-refractivity contribution in [3.05, 3.63) is 48.0 Å². The SMILES string of the molecule is CC(C)CNC(=S)c1ccc2c(c1)N(C(C)CN1CCCC1)c1ccccc1S2. The predicted octanol–water partition coefficient (Wildman–Crippen LogP) is 5.69. The molecule has 0 saturated carbocycles. The minimum absolute atomic E-state index is 0.404. The van der Waals surface area contributed by atoms with E-state index in [9.17, 15) is 0 Å². The van der Waals surface area contributed by atoms with Gasteiger partial charge in [-0.3, -0.25) is 0 Å². The van der Waals surface area contributed by atoms with Gasteiger partial charge in [-0.05, 0) is 63.0 Å². The van der Waals surface area contributed by atoms with Crippen LogP contribution in [0.15, 0.2) is 52.3 Å². The first-order chi connectivity index (χ1) is 14.0. The Morgan fingerprint density at radius 1 is 1.03 bits per heavy atom. The van der Waals surface area contributed by atoms with Crippen LogP contribution in [0, 0.1) is 5.92 Å². The third-order valence-electron chi connectivity index (χ3n) is 5.66. The monoisotopic (exact) mass is 425 g/mol. The second-order valence-corrected chi connectivity index (χ2v) is 10.1. The zero-order valence-electron chi connectivity index (χ0n) is 17.6. The lowest BCUT2D eigenvalue weighted by Gasteiger charge is -2.39. The zero-order valence-corrected chi connectivity index (χ0v) is 19.3. The summed E-state index contributed by atoms with van der Waals surface area (Å²) in [6.07, 6.45) is 2.66. The lowest BCUT2D eigenvalue weighted by Crippen LogP contribution is -2.40. The summed E-state index contributed by atoms with van der Waals surface area (Å²) in [6.45, 7) is 11.2. The maximum Gasteiger partial charge on any atom is 0.106 e. The van der Waals surface area contributed by atoms with Gasteiger partial charge in [0.05, 0.1) is 11.4 Å². The topological polar surface area (TPSA) is 18.5 Å². The van der Waals surface area contributed by atoms with Crippen LogP contribution in [0.25, 0.3) is 0 Å². The molecule has 1 unspecified atom stereocenters. The van der Waals surface area contributed by atoms with E-state index < -0.39 is 0 Å². The molecule has 2 heterocycles. The van der Waals surface area contributed by atoms with Crippen molar-refractivity contribution in [2.24, 2.45) is 5.92 Å². The number of nitrogens with one attached hydrogen (secondary N) is 1. The first-order valence-electron chi connectivity index (χ1n) is 10.7. The highest BCUT2D eigenvalue weighted by molar-refractivity contribution is 7.99. The van der Waals surface area contributed by atoms with Gasteiger partial charge in [-0.1, -0.05) is 56.0 Å². The molecule has 1 N–H and O–H groups in total. The Morgan fingerprint density at radius 3 is 2.52 bits per heavy atom. The fourth-order valence-electron chi connectivity index (χ4n) is 4.22. The van der Waals surface area contributed by atoms with E-state index in [0.29, 0.717) is 12.0 Å². The Bertz CT molecular complexity index is 874. The van der Waals surface area contributed by atoms with Crippen LogP contribution < -0.4 is 10.2 Å².